The van der Waals surface area contributed by atoms with Crippen LogP contribution in [0.4, 0.5) is 5.95 Å². The predicted molar refractivity (Wildman–Crippen MR) is 76.1 cm³/mol. The zero-order chi connectivity index (χ0) is 15.3. The summed E-state index contributed by atoms with van der Waals surface area (Å²) in [6.07, 6.45) is 0. The molecule has 3 aromatic rings. The highest BCUT2D eigenvalue weighted by Crippen LogP contribution is 2.36. The van der Waals surface area contributed by atoms with Gasteiger partial charge in [-0.1, -0.05) is 23.3 Å². The van der Waals surface area contributed by atoms with Gasteiger partial charge in [0, 0.05) is 11.1 Å². The molecule has 22 heavy (non-hydrogen) atoms. The monoisotopic (exact) mass is 297 g/mol. The number of carboxylic acid groups (broad SMARTS) is 1. The first-order chi connectivity index (χ1) is 10.6. The van der Waals surface area contributed by atoms with Crippen LogP contribution in [-0.4, -0.2) is 31.3 Å². The van der Waals surface area contributed by atoms with Crippen molar-refractivity contribution in [3.05, 3.63) is 47.4 Å². The number of furan rings is 1. The molecule has 0 bridgehead atoms. The Bertz CT molecular complexity index is 890. The minimum absolute atomic E-state index is 0.152. The van der Waals surface area contributed by atoms with E-state index in [9.17, 15) is 9.90 Å². The Morgan fingerprint density at radius 2 is 2.23 bits per heavy atom. The Morgan fingerprint density at radius 1 is 1.41 bits per heavy atom. The van der Waals surface area contributed by atoms with Crippen LogP contribution in [0.3, 0.4) is 0 Å². The molecular weight excluding hydrogens is 286 g/mol. The molecule has 0 spiro atoms. The molecule has 0 aliphatic carbocycles. The van der Waals surface area contributed by atoms with E-state index in [-0.39, 0.29) is 5.57 Å². The molecule has 0 amide bonds. The zero-order valence-corrected chi connectivity index (χ0v) is 11.5. The van der Waals surface area contributed by atoms with Crippen LogP contribution in [0.1, 0.15) is 18.7 Å². The molecule has 0 saturated carbocycles. The third-order valence-corrected chi connectivity index (χ3v) is 3.66. The van der Waals surface area contributed by atoms with E-state index in [0.717, 1.165) is 5.39 Å². The lowest BCUT2D eigenvalue weighted by molar-refractivity contribution is -0.133. The molecule has 110 valence electrons. The maximum Gasteiger partial charge on any atom is 0.336 e. The fraction of sp³-hybridized carbons (Fsp3) is 0.143. The van der Waals surface area contributed by atoms with Crippen LogP contribution in [0.25, 0.3) is 11.0 Å². The van der Waals surface area contributed by atoms with Crippen molar-refractivity contribution in [1.29, 1.82) is 0 Å². The van der Waals surface area contributed by atoms with Crippen LogP contribution in [0.5, 0.6) is 0 Å². The lowest BCUT2D eigenvalue weighted by Gasteiger charge is -2.24. The van der Waals surface area contributed by atoms with Gasteiger partial charge in [0.05, 0.1) is 5.57 Å². The van der Waals surface area contributed by atoms with Crippen molar-refractivity contribution in [3.63, 3.8) is 0 Å². The Balaban J connectivity index is 1.96. The van der Waals surface area contributed by atoms with Gasteiger partial charge in [-0.3, -0.25) is 0 Å². The second kappa shape index (κ2) is 4.42. The van der Waals surface area contributed by atoms with Crippen molar-refractivity contribution in [1.82, 2.24) is 20.2 Å². The Hall–Kier alpha value is -3.16. The fourth-order valence-corrected chi connectivity index (χ4v) is 2.69. The van der Waals surface area contributed by atoms with Gasteiger partial charge in [0.25, 0.3) is 0 Å². The molecule has 0 saturated heterocycles. The number of aliphatic carboxylic acids is 1. The molecule has 1 aliphatic rings. The molecule has 0 fully saturated rings. The van der Waals surface area contributed by atoms with Gasteiger partial charge in [0.1, 0.15) is 17.4 Å². The number of anilines is 1. The van der Waals surface area contributed by atoms with Gasteiger partial charge in [0.2, 0.25) is 5.95 Å². The number of aromatic nitrogens is 4. The molecule has 1 aromatic carbocycles. The standard InChI is InChI=1S/C14H11N5O3/c1-7-11(13(20)21)12(19-14(15-7)16-17-18-19)10-6-8-4-2-3-5-9(8)22-10/h2-6,12H,1H3,(H,20,21)(H,15,16,18). The number of benzene rings is 1. The highest BCUT2D eigenvalue weighted by atomic mass is 16.4. The Morgan fingerprint density at radius 3 is 3.00 bits per heavy atom. The van der Waals surface area contributed by atoms with Crippen molar-refractivity contribution in [3.8, 4) is 0 Å². The summed E-state index contributed by atoms with van der Waals surface area (Å²) < 4.78 is 7.23. The van der Waals surface area contributed by atoms with Crippen molar-refractivity contribution < 1.29 is 14.3 Å². The summed E-state index contributed by atoms with van der Waals surface area (Å²) in [6, 6.07) is 8.59. The van der Waals surface area contributed by atoms with E-state index in [1.807, 2.05) is 30.3 Å². The minimum Gasteiger partial charge on any atom is -0.478 e. The maximum absolute atomic E-state index is 11.7. The van der Waals surface area contributed by atoms with Gasteiger partial charge in [-0.2, -0.15) is 4.68 Å². The summed E-state index contributed by atoms with van der Waals surface area (Å²) in [7, 11) is 0. The highest BCUT2D eigenvalue weighted by molar-refractivity contribution is 5.91. The number of carbonyl (C=O) groups is 1. The molecule has 8 heteroatoms. The number of tetrazole rings is 1. The summed E-state index contributed by atoms with van der Waals surface area (Å²) in [5, 5.41) is 24.7. The zero-order valence-electron chi connectivity index (χ0n) is 11.5. The fourth-order valence-electron chi connectivity index (χ4n) is 2.69. The quantitative estimate of drug-likeness (QED) is 0.742. The average molecular weight is 297 g/mol. The number of carboxylic acids is 1. The molecular formula is C14H11N5O3. The molecule has 2 N–H and O–H groups in total. The molecule has 3 heterocycles. The molecule has 0 radical (unpaired) electrons. The Labute approximate surface area is 124 Å². The summed E-state index contributed by atoms with van der Waals surface area (Å²) in [4.78, 5) is 11.7. The Kier molecular flexibility index (Phi) is 2.52. The number of para-hydroxylation sites is 1. The molecule has 4 rings (SSSR count). The topological polar surface area (TPSA) is 106 Å². The van der Waals surface area contributed by atoms with Gasteiger partial charge in [-0.05, 0) is 29.5 Å². The van der Waals surface area contributed by atoms with Crippen molar-refractivity contribution in [2.24, 2.45) is 0 Å². The van der Waals surface area contributed by atoms with E-state index in [2.05, 4.69) is 20.8 Å². The normalized spacial score (nSPS) is 17.4. The average Bonchev–Trinajstić information content (AvgIpc) is 3.10. The number of hydrogen-bond acceptors (Lipinski definition) is 6. The van der Waals surface area contributed by atoms with Crippen LogP contribution < -0.4 is 5.32 Å². The highest BCUT2D eigenvalue weighted by Gasteiger charge is 2.36. The van der Waals surface area contributed by atoms with Crippen LogP contribution in [0.15, 0.2) is 46.0 Å². The predicted octanol–water partition coefficient (Wildman–Crippen LogP) is 1.79. The largest absolute Gasteiger partial charge is 0.478 e. The van der Waals surface area contributed by atoms with E-state index in [1.54, 1.807) is 6.92 Å². The lowest BCUT2D eigenvalue weighted by Crippen LogP contribution is -2.28. The third-order valence-electron chi connectivity index (χ3n) is 3.66. The summed E-state index contributed by atoms with van der Waals surface area (Å²) in [5.41, 5.74) is 1.33. The van der Waals surface area contributed by atoms with Crippen LogP contribution in [0.2, 0.25) is 0 Å². The molecule has 1 atom stereocenters. The van der Waals surface area contributed by atoms with Crippen molar-refractivity contribution in [2.45, 2.75) is 13.0 Å². The second-order valence-electron chi connectivity index (χ2n) is 5.01. The van der Waals surface area contributed by atoms with E-state index >= 15 is 0 Å². The number of allylic oxidation sites excluding steroid dienone is 1. The van der Waals surface area contributed by atoms with Crippen molar-refractivity contribution >= 4 is 22.9 Å². The van der Waals surface area contributed by atoms with Gasteiger partial charge in [-0.15, -0.1) is 0 Å². The number of fused-ring (bicyclic) bond motifs is 2. The van der Waals surface area contributed by atoms with E-state index in [4.69, 9.17) is 4.42 Å². The van der Waals surface area contributed by atoms with Crippen LogP contribution in [0, 0.1) is 0 Å². The van der Waals surface area contributed by atoms with Gasteiger partial charge in [0.15, 0.2) is 0 Å². The van der Waals surface area contributed by atoms with E-state index in [1.165, 1.54) is 4.68 Å². The SMILES string of the molecule is CC1=C(C(=O)O)C(c2cc3ccccc3o2)n2nnnc2N1. The molecule has 1 aliphatic heterocycles. The number of nitrogens with zero attached hydrogens (tertiary/aromatic N) is 4. The molecule has 2 aromatic heterocycles. The first-order valence-corrected chi connectivity index (χ1v) is 6.62. The molecule has 8 nitrogen and oxygen atoms in total. The van der Waals surface area contributed by atoms with Gasteiger partial charge >= 0.3 is 5.97 Å². The van der Waals surface area contributed by atoms with Gasteiger partial charge in [-0.25, -0.2) is 4.79 Å². The smallest absolute Gasteiger partial charge is 0.336 e. The van der Waals surface area contributed by atoms with Crippen LogP contribution >= 0.6 is 0 Å². The van der Waals surface area contributed by atoms with Crippen LogP contribution in [-0.2, 0) is 4.79 Å². The minimum atomic E-state index is -1.04. The number of hydrogen-bond donors (Lipinski definition) is 2. The van der Waals surface area contributed by atoms with E-state index in [0.29, 0.717) is 23.0 Å². The van der Waals surface area contributed by atoms with Crippen molar-refractivity contribution in [2.75, 3.05) is 5.32 Å². The second-order valence-corrected chi connectivity index (χ2v) is 5.01. The van der Waals surface area contributed by atoms with E-state index < -0.39 is 12.0 Å². The third kappa shape index (κ3) is 1.70. The number of nitrogens with one attached hydrogen (secondary N) is 1. The maximum atomic E-state index is 11.7. The first-order valence-electron chi connectivity index (χ1n) is 6.62. The van der Waals surface area contributed by atoms with Gasteiger partial charge < -0.3 is 14.8 Å². The molecule has 1 unspecified atom stereocenters. The summed E-state index contributed by atoms with van der Waals surface area (Å²) in [6.45, 7) is 1.68. The summed E-state index contributed by atoms with van der Waals surface area (Å²) in [5.74, 6) is -0.183. The summed E-state index contributed by atoms with van der Waals surface area (Å²) >= 11 is 0. The lowest BCUT2D eigenvalue weighted by atomic mass is 10.0. The number of rotatable bonds is 2. The first kappa shape index (κ1) is 12.6.